The van der Waals surface area contributed by atoms with E-state index in [9.17, 15) is 27.2 Å². The summed E-state index contributed by atoms with van der Waals surface area (Å²) < 4.78 is 67.9. The smallest absolute Gasteiger partial charge is 0.391 e. The van der Waals surface area contributed by atoms with Crippen molar-refractivity contribution in [3.63, 3.8) is 0 Å². The van der Waals surface area contributed by atoms with Gasteiger partial charge in [0.1, 0.15) is 18.2 Å². The number of halogens is 4. The first-order chi connectivity index (χ1) is 26.4. The Morgan fingerprint density at radius 1 is 0.964 bits per heavy atom. The molecule has 4 aliphatic rings. The van der Waals surface area contributed by atoms with Crippen LogP contribution in [-0.2, 0) is 27.4 Å². The first kappa shape index (κ1) is 41.5. The third-order valence-corrected chi connectivity index (χ3v) is 12.2. The lowest BCUT2D eigenvalue weighted by Crippen LogP contribution is -2.62. The first-order valence-electron chi connectivity index (χ1n) is 19.5. The van der Waals surface area contributed by atoms with Gasteiger partial charge in [-0.2, -0.15) is 18.3 Å². The predicted molar refractivity (Wildman–Crippen MR) is 202 cm³/mol. The minimum absolute atomic E-state index is 0.0335. The van der Waals surface area contributed by atoms with E-state index < -0.39 is 23.7 Å². The molecule has 3 aromatic rings. The van der Waals surface area contributed by atoms with Gasteiger partial charge in [-0.1, -0.05) is 44.2 Å². The van der Waals surface area contributed by atoms with Crippen molar-refractivity contribution >= 4 is 18.7 Å². The van der Waals surface area contributed by atoms with Gasteiger partial charge in [0.2, 0.25) is 0 Å². The van der Waals surface area contributed by atoms with E-state index in [-0.39, 0.29) is 53.8 Å². The molecule has 2 aliphatic carbocycles. The van der Waals surface area contributed by atoms with Crippen LogP contribution in [0.2, 0.25) is 0 Å². The molecule has 0 radical (unpaired) electrons. The van der Waals surface area contributed by atoms with Crippen LogP contribution < -0.4 is 0 Å². The number of esters is 1. The van der Waals surface area contributed by atoms with Crippen LogP contribution in [0.1, 0.15) is 110 Å². The molecule has 2 aromatic carbocycles. The Balaban J connectivity index is 0.00000262. The second kappa shape index (κ2) is 16.0. The Bertz CT molecular complexity index is 1860. The largest absolute Gasteiger partial charge is 0.456 e. The number of carbonyl (C=O) groups excluding carboxylic acids is 3. The van der Waals surface area contributed by atoms with Crippen LogP contribution >= 0.6 is 0 Å². The van der Waals surface area contributed by atoms with Gasteiger partial charge in [-0.15, -0.1) is 0 Å². The minimum Gasteiger partial charge on any atom is -0.456 e. The van der Waals surface area contributed by atoms with Crippen molar-refractivity contribution in [1.82, 2.24) is 19.6 Å². The van der Waals surface area contributed by atoms with Crippen molar-refractivity contribution in [3.05, 3.63) is 88.5 Å². The molecule has 7 rings (SSSR count). The van der Waals surface area contributed by atoms with E-state index >= 15 is 0 Å². The zero-order valence-corrected chi connectivity index (χ0v) is 33.0. The van der Waals surface area contributed by atoms with E-state index in [1.165, 1.54) is 12.1 Å². The molecule has 2 saturated carbocycles. The molecule has 0 N–H and O–H groups in total. The predicted octanol–water partition coefficient (Wildman–Crippen LogP) is 8.07. The third kappa shape index (κ3) is 9.20. The average molecular weight is 783 g/mol. The van der Waals surface area contributed by atoms with Gasteiger partial charge in [-0.3, -0.25) is 14.4 Å². The Hall–Kier alpha value is -4.10. The summed E-state index contributed by atoms with van der Waals surface area (Å²) in [4.78, 5) is 40.1. The lowest BCUT2D eigenvalue weighted by Gasteiger charge is -2.52. The summed E-state index contributed by atoms with van der Waals surface area (Å²) in [5.74, 6) is -2.34. The normalized spacial score (nSPS) is 24.3. The van der Waals surface area contributed by atoms with Gasteiger partial charge in [0.25, 0.3) is 5.91 Å². The highest BCUT2D eigenvalue weighted by Gasteiger charge is 2.61. The van der Waals surface area contributed by atoms with Crippen LogP contribution in [0.3, 0.4) is 0 Å². The lowest BCUT2D eigenvalue weighted by atomic mass is 9.71. The first-order valence-corrected chi connectivity index (χ1v) is 19.5. The summed E-state index contributed by atoms with van der Waals surface area (Å²) in [7, 11) is 0. The second-order valence-corrected chi connectivity index (χ2v) is 17.9. The highest BCUT2D eigenvalue weighted by Crippen LogP contribution is 2.55. The minimum atomic E-state index is -4.22. The molecule has 1 amide bonds. The van der Waals surface area contributed by atoms with Crippen LogP contribution in [0.15, 0.2) is 54.9 Å². The number of alkyl halides is 3. The molecule has 13 heteroatoms. The van der Waals surface area contributed by atoms with Gasteiger partial charge >= 0.3 is 12.1 Å². The number of ether oxygens (including phenoxy) is 2. The van der Waals surface area contributed by atoms with E-state index in [1.807, 2.05) is 29.9 Å². The topological polar surface area (TPSA) is 94.0 Å². The maximum atomic E-state index is 13.9. The van der Waals surface area contributed by atoms with E-state index in [0.29, 0.717) is 61.8 Å². The zero-order valence-electron chi connectivity index (χ0n) is 33.0. The third-order valence-electron chi connectivity index (χ3n) is 12.2. The highest BCUT2D eigenvalue weighted by atomic mass is 19.4. The fourth-order valence-electron chi connectivity index (χ4n) is 9.04. The number of likely N-dealkylation sites (tertiary alicyclic amines) is 2. The number of hydrogen-bond donors (Lipinski definition) is 0. The van der Waals surface area contributed by atoms with Gasteiger partial charge in [-0.25, -0.2) is 9.18 Å². The molecule has 2 unspecified atom stereocenters. The summed E-state index contributed by atoms with van der Waals surface area (Å²) >= 11 is 0. The van der Waals surface area contributed by atoms with Crippen LogP contribution in [0.5, 0.6) is 0 Å². The Morgan fingerprint density at radius 3 is 2.23 bits per heavy atom. The lowest BCUT2D eigenvalue weighted by molar-refractivity contribution is -0.182. The molecule has 1 aromatic heterocycles. The van der Waals surface area contributed by atoms with E-state index in [4.69, 9.17) is 14.3 Å². The maximum Gasteiger partial charge on any atom is 0.391 e. The number of carbonyl (C=O) groups is 3. The average Bonchev–Trinajstić information content (AvgIpc) is 3.42. The van der Waals surface area contributed by atoms with Crippen molar-refractivity contribution in [2.45, 2.75) is 104 Å². The fourth-order valence-corrected chi connectivity index (χ4v) is 9.04. The summed E-state index contributed by atoms with van der Waals surface area (Å²) in [6.45, 7) is 15.8. The zero-order chi connectivity index (χ0) is 40.6. The number of hydrogen-bond acceptors (Lipinski definition) is 7. The van der Waals surface area contributed by atoms with Gasteiger partial charge in [-0.05, 0) is 93.0 Å². The molecule has 56 heavy (non-hydrogen) atoms. The van der Waals surface area contributed by atoms with Crippen LogP contribution in [0, 0.1) is 28.5 Å². The number of rotatable bonds is 10. The fraction of sp³-hybridized carbons (Fsp3) is 0.581. The standard InChI is InChI=1S/C42H52F4N4O4.CH2O/c1-39(2,3)54-38(52)36-29(7-6-8-34(36)28-11-13-31(14-12-28)42(44,45)46)22-53-23-32-21-48(24-41(32)25-49(26-41)35-17-40(35,4)5)37(51)30-18-47-50(20-30)19-27-9-15-33(43)16-10-27;1-2/h6-10,15-16,18,20,28,31-32,35H,11-14,17,19,21-26H2,1-5H3;1H2. The molecular formula is C43H54F4N4O5. The Morgan fingerprint density at radius 2 is 1.62 bits per heavy atom. The Kier molecular flexibility index (Phi) is 11.9. The molecule has 0 bridgehead atoms. The molecule has 2 aliphatic heterocycles. The van der Waals surface area contributed by atoms with E-state index in [1.54, 1.807) is 50.0 Å². The molecule has 9 nitrogen and oxygen atoms in total. The number of nitrogens with zero attached hydrogens (tertiary/aromatic N) is 4. The molecule has 3 heterocycles. The number of benzene rings is 2. The monoisotopic (exact) mass is 782 g/mol. The summed E-state index contributed by atoms with van der Waals surface area (Å²) in [5.41, 5.74) is 2.54. The second-order valence-electron chi connectivity index (χ2n) is 17.9. The number of amides is 1. The molecule has 2 atom stereocenters. The van der Waals surface area contributed by atoms with Gasteiger partial charge in [0.15, 0.2) is 0 Å². The van der Waals surface area contributed by atoms with Crippen molar-refractivity contribution in [1.29, 1.82) is 0 Å². The number of aromatic nitrogens is 2. The molecule has 1 spiro atoms. The Labute approximate surface area is 326 Å². The summed E-state index contributed by atoms with van der Waals surface area (Å²) in [5, 5.41) is 4.41. The molecule has 2 saturated heterocycles. The van der Waals surface area contributed by atoms with E-state index in [0.717, 1.165) is 30.6 Å². The quantitative estimate of drug-likeness (QED) is 0.152. The molecule has 304 valence electrons. The van der Waals surface area contributed by atoms with Gasteiger partial charge in [0.05, 0.1) is 43.0 Å². The van der Waals surface area contributed by atoms with Crippen LogP contribution in [-0.4, -0.2) is 88.9 Å². The van der Waals surface area contributed by atoms with Crippen molar-refractivity contribution in [2.24, 2.45) is 22.7 Å². The van der Waals surface area contributed by atoms with Crippen molar-refractivity contribution in [2.75, 3.05) is 32.8 Å². The molecular weight excluding hydrogens is 728 g/mol. The maximum absolute atomic E-state index is 13.9. The summed E-state index contributed by atoms with van der Waals surface area (Å²) in [6, 6.07) is 12.3. The highest BCUT2D eigenvalue weighted by molar-refractivity contribution is 5.94. The summed E-state index contributed by atoms with van der Waals surface area (Å²) in [6.07, 6.45) is 1.02. The SMILES string of the molecule is C=O.CC(C)(C)OC(=O)c1c(COCC2CN(C(=O)c3cnn(Cc4ccc(F)cc4)c3)CC23CN(C2CC2(C)C)C3)cccc1C1CCC(C(F)(F)F)CC1. The van der Waals surface area contributed by atoms with Gasteiger partial charge in [0, 0.05) is 49.8 Å². The van der Waals surface area contributed by atoms with Crippen LogP contribution in [0.4, 0.5) is 17.6 Å². The van der Waals surface area contributed by atoms with Crippen LogP contribution in [0.25, 0.3) is 0 Å². The van der Waals surface area contributed by atoms with Crippen molar-refractivity contribution < 1.29 is 41.4 Å². The van der Waals surface area contributed by atoms with E-state index in [2.05, 4.69) is 23.8 Å². The van der Waals surface area contributed by atoms with Gasteiger partial charge < -0.3 is 19.2 Å². The van der Waals surface area contributed by atoms with Crippen molar-refractivity contribution in [3.8, 4) is 0 Å². The molecule has 4 fully saturated rings.